The fourth-order valence-corrected chi connectivity index (χ4v) is 1.94. The van der Waals surface area contributed by atoms with Crippen LogP contribution < -0.4 is 10.6 Å². The highest BCUT2D eigenvalue weighted by Gasteiger charge is 2.20. The van der Waals surface area contributed by atoms with Crippen LogP contribution in [0.1, 0.15) is 0 Å². The number of ether oxygens (including phenoxy) is 2. The lowest BCUT2D eigenvalue weighted by Crippen LogP contribution is -2.50. The van der Waals surface area contributed by atoms with Gasteiger partial charge in [0.1, 0.15) is 0 Å². The molecule has 0 bridgehead atoms. The largest absolute Gasteiger partial charge is 0.453 e. The molecular formula is C12H24N4O4. The molecule has 0 aliphatic carbocycles. The maximum absolute atomic E-state index is 11.4. The fraction of sp³-hybridized carbons (Fsp3) is 0.833. The van der Waals surface area contributed by atoms with Crippen LogP contribution in [0.4, 0.5) is 9.59 Å². The summed E-state index contributed by atoms with van der Waals surface area (Å²) in [5.41, 5.74) is 0. The molecule has 1 rings (SSSR count). The first-order valence-corrected chi connectivity index (χ1v) is 6.73. The molecule has 0 aromatic rings. The third-order valence-corrected chi connectivity index (χ3v) is 3.11. The second kappa shape index (κ2) is 9.38. The number of rotatable bonds is 6. The SMILES string of the molecule is COCCNC(=O)NCCN1CCN(C(=O)OC)CC1. The maximum Gasteiger partial charge on any atom is 0.409 e. The van der Waals surface area contributed by atoms with Crippen molar-refractivity contribution in [1.29, 1.82) is 0 Å². The van der Waals surface area contributed by atoms with Gasteiger partial charge in [-0.05, 0) is 0 Å². The maximum atomic E-state index is 11.4. The zero-order valence-corrected chi connectivity index (χ0v) is 12.2. The quantitative estimate of drug-likeness (QED) is 0.633. The molecule has 2 N–H and O–H groups in total. The molecule has 0 atom stereocenters. The lowest BCUT2D eigenvalue weighted by Gasteiger charge is -2.33. The number of amides is 3. The highest BCUT2D eigenvalue weighted by atomic mass is 16.5. The van der Waals surface area contributed by atoms with Gasteiger partial charge >= 0.3 is 12.1 Å². The molecule has 116 valence electrons. The van der Waals surface area contributed by atoms with Crippen LogP contribution >= 0.6 is 0 Å². The number of methoxy groups -OCH3 is 2. The van der Waals surface area contributed by atoms with Crippen LogP contribution in [0, 0.1) is 0 Å². The van der Waals surface area contributed by atoms with Gasteiger partial charge in [-0.15, -0.1) is 0 Å². The first-order valence-electron chi connectivity index (χ1n) is 6.73. The molecule has 0 aromatic carbocycles. The third kappa shape index (κ3) is 6.07. The fourth-order valence-electron chi connectivity index (χ4n) is 1.94. The lowest BCUT2D eigenvalue weighted by atomic mass is 10.3. The van der Waals surface area contributed by atoms with Crippen LogP contribution in [0.2, 0.25) is 0 Å². The molecule has 1 aliphatic rings. The minimum absolute atomic E-state index is 0.185. The van der Waals surface area contributed by atoms with Gasteiger partial charge in [0.25, 0.3) is 0 Å². The van der Waals surface area contributed by atoms with Crippen LogP contribution in [-0.2, 0) is 9.47 Å². The number of nitrogens with one attached hydrogen (secondary N) is 2. The van der Waals surface area contributed by atoms with Crippen molar-refractivity contribution in [2.24, 2.45) is 0 Å². The van der Waals surface area contributed by atoms with Crippen molar-refractivity contribution < 1.29 is 19.1 Å². The monoisotopic (exact) mass is 288 g/mol. The van der Waals surface area contributed by atoms with Gasteiger partial charge in [0.15, 0.2) is 0 Å². The Morgan fingerprint density at radius 2 is 1.70 bits per heavy atom. The van der Waals surface area contributed by atoms with Gasteiger partial charge in [0.2, 0.25) is 0 Å². The van der Waals surface area contributed by atoms with E-state index in [1.807, 2.05) is 0 Å². The average Bonchev–Trinajstić information content (AvgIpc) is 2.47. The van der Waals surface area contributed by atoms with Gasteiger partial charge < -0.3 is 25.0 Å². The van der Waals surface area contributed by atoms with Crippen LogP contribution in [0.5, 0.6) is 0 Å². The van der Waals surface area contributed by atoms with Crippen molar-refractivity contribution in [2.45, 2.75) is 0 Å². The molecule has 3 amide bonds. The Morgan fingerprint density at radius 3 is 2.30 bits per heavy atom. The number of hydrogen-bond acceptors (Lipinski definition) is 5. The third-order valence-electron chi connectivity index (χ3n) is 3.11. The van der Waals surface area contributed by atoms with Crippen molar-refractivity contribution in [3.8, 4) is 0 Å². The minimum atomic E-state index is -0.278. The molecule has 8 heteroatoms. The Labute approximate surface area is 119 Å². The number of piperazine rings is 1. The van der Waals surface area contributed by atoms with Gasteiger partial charge in [-0.1, -0.05) is 0 Å². The predicted octanol–water partition coefficient (Wildman–Crippen LogP) is -0.684. The van der Waals surface area contributed by atoms with Gasteiger partial charge in [-0.25, -0.2) is 9.59 Å². The van der Waals surface area contributed by atoms with Crippen LogP contribution in [-0.4, -0.2) is 88.6 Å². The lowest BCUT2D eigenvalue weighted by molar-refractivity contribution is 0.0915. The summed E-state index contributed by atoms with van der Waals surface area (Å²) in [4.78, 5) is 26.6. The summed E-state index contributed by atoms with van der Waals surface area (Å²) in [5, 5.41) is 5.47. The zero-order chi connectivity index (χ0) is 14.8. The van der Waals surface area contributed by atoms with E-state index in [0.717, 1.165) is 19.6 Å². The molecule has 1 saturated heterocycles. The first-order chi connectivity index (χ1) is 9.67. The van der Waals surface area contributed by atoms with Gasteiger partial charge in [-0.3, -0.25) is 4.90 Å². The van der Waals surface area contributed by atoms with Gasteiger partial charge in [0.05, 0.1) is 13.7 Å². The highest BCUT2D eigenvalue weighted by Crippen LogP contribution is 2.02. The zero-order valence-electron chi connectivity index (χ0n) is 12.2. The average molecular weight is 288 g/mol. The number of carbonyl (C=O) groups excluding carboxylic acids is 2. The number of hydrogen-bond donors (Lipinski definition) is 2. The van der Waals surface area contributed by atoms with E-state index in [2.05, 4.69) is 20.3 Å². The van der Waals surface area contributed by atoms with E-state index >= 15 is 0 Å². The molecule has 0 aromatic heterocycles. The van der Waals surface area contributed by atoms with Crippen molar-refractivity contribution in [3.63, 3.8) is 0 Å². The van der Waals surface area contributed by atoms with Crippen molar-refractivity contribution in [2.75, 3.05) is 66.6 Å². The molecule has 1 fully saturated rings. The van der Waals surface area contributed by atoms with Crippen molar-refractivity contribution >= 4 is 12.1 Å². The van der Waals surface area contributed by atoms with Crippen LogP contribution in [0.3, 0.4) is 0 Å². The Balaban J connectivity index is 2.06. The molecule has 8 nitrogen and oxygen atoms in total. The van der Waals surface area contributed by atoms with Crippen molar-refractivity contribution in [1.82, 2.24) is 20.4 Å². The van der Waals surface area contributed by atoms with E-state index in [1.54, 1.807) is 12.0 Å². The molecule has 0 radical (unpaired) electrons. The van der Waals surface area contributed by atoms with Gasteiger partial charge in [0, 0.05) is 52.9 Å². The molecule has 1 aliphatic heterocycles. The minimum Gasteiger partial charge on any atom is -0.453 e. The standard InChI is InChI=1S/C12H24N4O4/c1-19-10-4-14-11(17)13-3-5-15-6-8-16(9-7-15)12(18)20-2/h3-10H2,1-2H3,(H2,13,14,17). The normalized spacial score (nSPS) is 15.8. The molecule has 0 saturated carbocycles. The molecular weight excluding hydrogens is 264 g/mol. The van der Waals surface area contributed by atoms with Crippen LogP contribution in [0.15, 0.2) is 0 Å². The summed E-state index contributed by atoms with van der Waals surface area (Å²) in [5.74, 6) is 0. The number of nitrogens with zero attached hydrogens (tertiary/aromatic N) is 2. The summed E-state index contributed by atoms with van der Waals surface area (Å²) >= 11 is 0. The Hall–Kier alpha value is -1.54. The van der Waals surface area contributed by atoms with Crippen molar-refractivity contribution in [3.05, 3.63) is 0 Å². The summed E-state index contributed by atoms with van der Waals surface area (Å²) in [6, 6.07) is -0.185. The van der Waals surface area contributed by atoms with E-state index in [0.29, 0.717) is 32.8 Å². The second-order valence-electron chi connectivity index (χ2n) is 4.47. The van der Waals surface area contributed by atoms with E-state index in [9.17, 15) is 9.59 Å². The van der Waals surface area contributed by atoms with E-state index in [-0.39, 0.29) is 12.1 Å². The number of urea groups is 1. The summed E-state index contributed by atoms with van der Waals surface area (Å²) < 4.78 is 9.51. The van der Waals surface area contributed by atoms with Gasteiger partial charge in [-0.2, -0.15) is 0 Å². The van der Waals surface area contributed by atoms with Crippen LogP contribution in [0.25, 0.3) is 0 Å². The van der Waals surface area contributed by atoms with E-state index < -0.39 is 0 Å². The summed E-state index contributed by atoms with van der Waals surface area (Å²) in [7, 11) is 2.98. The van der Waals surface area contributed by atoms with E-state index in [4.69, 9.17) is 4.74 Å². The molecule has 1 heterocycles. The second-order valence-corrected chi connectivity index (χ2v) is 4.47. The topological polar surface area (TPSA) is 83.1 Å². The van der Waals surface area contributed by atoms with E-state index in [1.165, 1.54) is 7.11 Å². The Bertz CT molecular complexity index is 306. The Morgan fingerprint density at radius 1 is 1.05 bits per heavy atom. The molecule has 0 unspecified atom stereocenters. The first kappa shape index (κ1) is 16.5. The highest BCUT2D eigenvalue weighted by molar-refractivity contribution is 5.73. The predicted molar refractivity (Wildman–Crippen MR) is 73.7 cm³/mol. The molecule has 20 heavy (non-hydrogen) atoms. The Kier molecular flexibility index (Phi) is 7.74. The number of carbonyl (C=O) groups is 2. The summed E-state index contributed by atoms with van der Waals surface area (Å²) in [6.07, 6.45) is -0.278. The summed E-state index contributed by atoms with van der Waals surface area (Å²) in [6.45, 7) is 5.26. The molecule has 0 spiro atoms. The smallest absolute Gasteiger partial charge is 0.409 e.